The van der Waals surface area contributed by atoms with Crippen molar-refractivity contribution in [2.75, 3.05) is 25.0 Å². The van der Waals surface area contributed by atoms with Gasteiger partial charge in [0.25, 0.3) is 0 Å². The molecule has 0 unspecified atom stereocenters. The van der Waals surface area contributed by atoms with Crippen LogP contribution < -0.4 is 5.32 Å². The molecule has 1 aliphatic carbocycles. The van der Waals surface area contributed by atoms with Gasteiger partial charge in [0.2, 0.25) is 5.91 Å². The van der Waals surface area contributed by atoms with Gasteiger partial charge in [-0.05, 0) is 43.5 Å². The molecule has 0 heterocycles. The number of amides is 1. The maximum absolute atomic E-state index is 12.6. The Morgan fingerprint density at radius 3 is 2.67 bits per heavy atom. The van der Waals surface area contributed by atoms with E-state index >= 15 is 0 Å². The van der Waals surface area contributed by atoms with Crippen LogP contribution in [0.15, 0.2) is 24.3 Å². The van der Waals surface area contributed by atoms with Crippen LogP contribution in [0, 0.1) is 5.92 Å². The van der Waals surface area contributed by atoms with Crippen LogP contribution in [0.3, 0.4) is 0 Å². The lowest BCUT2D eigenvalue weighted by Crippen LogP contribution is -2.34. The molecule has 0 aromatic heterocycles. The third-order valence-electron chi connectivity index (χ3n) is 3.50. The Morgan fingerprint density at radius 1 is 1.38 bits per heavy atom. The zero-order chi connectivity index (χ0) is 15.5. The lowest BCUT2D eigenvalue weighted by molar-refractivity contribution is -0.137. The zero-order valence-electron chi connectivity index (χ0n) is 11.9. The van der Waals surface area contributed by atoms with E-state index in [9.17, 15) is 18.0 Å². The molecule has 1 amide bonds. The molecule has 1 aliphatic rings. The molecule has 1 aromatic carbocycles. The minimum atomic E-state index is -4.40. The Morgan fingerprint density at radius 2 is 2.10 bits per heavy atom. The number of hydrogen-bond acceptors (Lipinski definition) is 2. The van der Waals surface area contributed by atoms with Crippen LogP contribution in [0.5, 0.6) is 0 Å². The number of anilines is 1. The summed E-state index contributed by atoms with van der Waals surface area (Å²) in [5, 5.41) is 2.53. The van der Waals surface area contributed by atoms with Crippen molar-refractivity contribution in [1.82, 2.24) is 4.90 Å². The molecule has 1 fully saturated rings. The maximum atomic E-state index is 12.6. The summed E-state index contributed by atoms with van der Waals surface area (Å²) in [5.74, 6) is 0.392. The molecule has 1 saturated carbocycles. The molecule has 116 valence electrons. The summed E-state index contributed by atoms with van der Waals surface area (Å²) < 4.78 is 37.8. The molecule has 3 nitrogen and oxygen atoms in total. The number of carbonyl (C=O) groups is 1. The summed E-state index contributed by atoms with van der Waals surface area (Å²) >= 11 is 0. The van der Waals surface area contributed by atoms with Crippen molar-refractivity contribution in [3.05, 3.63) is 29.8 Å². The molecule has 1 N–H and O–H groups in total. The molecule has 0 aliphatic heterocycles. The topological polar surface area (TPSA) is 32.3 Å². The Balaban J connectivity index is 1.92. The van der Waals surface area contributed by atoms with Crippen LogP contribution >= 0.6 is 0 Å². The van der Waals surface area contributed by atoms with Gasteiger partial charge < -0.3 is 5.32 Å². The second-order valence-corrected chi connectivity index (χ2v) is 5.40. The van der Waals surface area contributed by atoms with Crippen molar-refractivity contribution in [2.45, 2.75) is 25.9 Å². The largest absolute Gasteiger partial charge is 0.416 e. The molecule has 21 heavy (non-hydrogen) atoms. The van der Waals surface area contributed by atoms with E-state index in [4.69, 9.17) is 0 Å². The van der Waals surface area contributed by atoms with E-state index in [1.807, 2.05) is 11.8 Å². The van der Waals surface area contributed by atoms with E-state index in [0.29, 0.717) is 5.92 Å². The van der Waals surface area contributed by atoms with Gasteiger partial charge in [0.1, 0.15) is 0 Å². The SMILES string of the molecule is CCN(CC(=O)Nc1cccc(C(F)(F)F)c1)CC1CC1. The second kappa shape index (κ2) is 6.47. The Kier molecular flexibility index (Phi) is 4.88. The molecule has 0 bridgehead atoms. The molecule has 6 heteroatoms. The molecule has 0 spiro atoms. The van der Waals surface area contributed by atoms with Crippen molar-refractivity contribution >= 4 is 11.6 Å². The maximum Gasteiger partial charge on any atom is 0.416 e. The number of likely N-dealkylation sites (N-methyl/N-ethyl adjacent to an activating group) is 1. The van der Waals surface area contributed by atoms with Crippen molar-refractivity contribution in [3.63, 3.8) is 0 Å². The van der Waals surface area contributed by atoms with Crippen molar-refractivity contribution < 1.29 is 18.0 Å². The van der Waals surface area contributed by atoms with Gasteiger partial charge >= 0.3 is 6.18 Å². The van der Waals surface area contributed by atoms with Gasteiger partial charge in [-0.2, -0.15) is 13.2 Å². The van der Waals surface area contributed by atoms with Crippen molar-refractivity contribution in [2.24, 2.45) is 5.92 Å². The van der Waals surface area contributed by atoms with Gasteiger partial charge in [-0.3, -0.25) is 9.69 Å². The summed E-state index contributed by atoms with van der Waals surface area (Å²) in [7, 11) is 0. The monoisotopic (exact) mass is 300 g/mol. The first-order valence-corrected chi connectivity index (χ1v) is 7.08. The summed E-state index contributed by atoms with van der Waals surface area (Å²) in [6, 6.07) is 4.70. The smallest absolute Gasteiger partial charge is 0.325 e. The first kappa shape index (κ1) is 15.8. The highest BCUT2D eigenvalue weighted by Gasteiger charge is 2.30. The normalized spacial score (nSPS) is 15.3. The second-order valence-electron chi connectivity index (χ2n) is 5.40. The van der Waals surface area contributed by atoms with E-state index < -0.39 is 11.7 Å². The minimum absolute atomic E-state index is 0.178. The van der Waals surface area contributed by atoms with Crippen LogP contribution in [0.4, 0.5) is 18.9 Å². The Labute approximate surface area is 122 Å². The fourth-order valence-corrected chi connectivity index (χ4v) is 2.15. The Bertz CT molecular complexity index is 498. The number of rotatable bonds is 6. The van der Waals surface area contributed by atoms with Gasteiger partial charge in [-0.25, -0.2) is 0 Å². The lowest BCUT2D eigenvalue weighted by Gasteiger charge is -2.19. The quantitative estimate of drug-likeness (QED) is 0.873. The van der Waals surface area contributed by atoms with Gasteiger partial charge in [0.05, 0.1) is 12.1 Å². The number of nitrogens with zero attached hydrogens (tertiary/aromatic N) is 1. The molecule has 0 atom stereocenters. The summed E-state index contributed by atoms with van der Waals surface area (Å²) in [4.78, 5) is 13.9. The first-order valence-electron chi connectivity index (χ1n) is 7.08. The number of carbonyl (C=O) groups excluding carboxylic acids is 1. The standard InChI is InChI=1S/C15H19F3N2O/c1-2-20(9-11-6-7-11)10-14(21)19-13-5-3-4-12(8-13)15(16,17)18/h3-5,8,11H,2,6-7,9-10H2,1H3,(H,19,21). The highest BCUT2D eigenvalue weighted by atomic mass is 19.4. The van der Waals surface area contributed by atoms with Crippen LogP contribution in [0.1, 0.15) is 25.3 Å². The lowest BCUT2D eigenvalue weighted by atomic mass is 10.2. The van der Waals surface area contributed by atoms with E-state index in [1.54, 1.807) is 0 Å². The van der Waals surface area contributed by atoms with E-state index in [-0.39, 0.29) is 18.1 Å². The number of halogens is 3. The van der Waals surface area contributed by atoms with E-state index in [0.717, 1.165) is 25.2 Å². The third kappa shape index (κ3) is 5.04. The van der Waals surface area contributed by atoms with Crippen LogP contribution in [0.25, 0.3) is 0 Å². The summed E-state index contributed by atoms with van der Waals surface area (Å²) in [6.45, 7) is 3.82. The van der Waals surface area contributed by atoms with Crippen molar-refractivity contribution in [1.29, 1.82) is 0 Å². The number of nitrogens with one attached hydrogen (secondary N) is 1. The predicted molar refractivity (Wildman–Crippen MR) is 74.9 cm³/mol. The highest BCUT2D eigenvalue weighted by molar-refractivity contribution is 5.92. The number of hydrogen-bond donors (Lipinski definition) is 1. The molecule has 1 aromatic rings. The van der Waals surface area contributed by atoms with Gasteiger partial charge in [0.15, 0.2) is 0 Å². The fraction of sp³-hybridized carbons (Fsp3) is 0.533. The predicted octanol–water partition coefficient (Wildman–Crippen LogP) is 3.38. The average Bonchev–Trinajstić information content (AvgIpc) is 3.21. The van der Waals surface area contributed by atoms with Crippen LogP contribution in [-0.2, 0) is 11.0 Å². The fourth-order valence-electron chi connectivity index (χ4n) is 2.15. The zero-order valence-corrected chi connectivity index (χ0v) is 11.9. The molecular formula is C15H19F3N2O. The van der Waals surface area contributed by atoms with E-state index in [2.05, 4.69) is 5.32 Å². The van der Waals surface area contributed by atoms with E-state index in [1.165, 1.54) is 25.0 Å². The van der Waals surface area contributed by atoms with Gasteiger partial charge in [-0.15, -0.1) is 0 Å². The summed E-state index contributed by atoms with van der Waals surface area (Å²) in [6.07, 6.45) is -2.00. The number of benzene rings is 1. The van der Waals surface area contributed by atoms with Gasteiger partial charge in [0, 0.05) is 12.2 Å². The third-order valence-corrected chi connectivity index (χ3v) is 3.50. The molecule has 0 radical (unpaired) electrons. The Hall–Kier alpha value is -1.56. The highest BCUT2D eigenvalue weighted by Crippen LogP contribution is 2.31. The molecule has 2 rings (SSSR count). The molecule has 0 saturated heterocycles. The molecular weight excluding hydrogens is 281 g/mol. The number of alkyl halides is 3. The first-order chi connectivity index (χ1) is 9.88. The summed E-state index contributed by atoms with van der Waals surface area (Å²) in [5.41, 5.74) is -0.581. The van der Waals surface area contributed by atoms with Crippen LogP contribution in [0.2, 0.25) is 0 Å². The average molecular weight is 300 g/mol. The van der Waals surface area contributed by atoms with Crippen LogP contribution in [-0.4, -0.2) is 30.4 Å². The minimum Gasteiger partial charge on any atom is -0.325 e. The van der Waals surface area contributed by atoms with Crippen molar-refractivity contribution in [3.8, 4) is 0 Å². The van der Waals surface area contributed by atoms with Gasteiger partial charge in [-0.1, -0.05) is 13.0 Å².